The average Bonchev–Trinajstić information content (AvgIpc) is 3.20. The number of aromatic nitrogens is 3. The van der Waals surface area contributed by atoms with Gasteiger partial charge in [-0.3, -0.25) is 14.0 Å². The lowest BCUT2D eigenvalue weighted by molar-refractivity contribution is -0.125. The van der Waals surface area contributed by atoms with Crippen molar-refractivity contribution in [2.24, 2.45) is 5.92 Å². The van der Waals surface area contributed by atoms with Crippen molar-refractivity contribution in [2.45, 2.75) is 58.5 Å². The number of fused-ring (bicyclic) bond motifs is 3. The number of nitrogens with one attached hydrogen (secondary N) is 1. The number of carbonyl (C=O) groups excluding carboxylic acids is 1. The highest BCUT2D eigenvalue weighted by Crippen LogP contribution is 2.24. The first-order chi connectivity index (χ1) is 12.5. The van der Waals surface area contributed by atoms with Crippen molar-refractivity contribution >= 4 is 22.5 Å². The molecule has 7 nitrogen and oxygen atoms in total. The molecule has 0 bridgehead atoms. The summed E-state index contributed by atoms with van der Waals surface area (Å²) in [5, 5.41) is 7.52. The van der Waals surface area contributed by atoms with E-state index < -0.39 is 6.04 Å². The summed E-state index contributed by atoms with van der Waals surface area (Å²) in [4.78, 5) is 25.7. The highest BCUT2D eigenvalue weighted by molar-refractivity contribution is 5.83. The van der Waals surface area contributed by atoms with Crippen LogP contribution in [0.4, 0.5) is 0 Å². The van der Waals surface area contributed by atoms with Crippen LogP contribution in [0.3, 0.4) is 0 Å². The van der Waals surface area contributed by atoms with Gasteiger partial charge in [0, 0.05) is 18.2 Å². The first-order valence-electron chi connectivity index (χ1n) is 9.26. The Morgan fingerprint density at radius 3 is 2.88 bits per heavy atom. The molecule has 138 valence electrons. The van der Waals surface area contributed by atoms with Crippen LogP contribution >= 0.6 is 0 Å². The zero-order valence-corrected chi connectivity index (χ0v) is 15.4. The van der Waals surface area contributed by atoms with Crippen LogP contribution in [0.5, 0.6) is 0 Å². The number of carbonyl (C=O) groups is 1. The molecule has 1 saturated carbocycles. The Morgan fingerprint density at radius 1 is 1.35 bits per heavy atom. The van der Waals surface area contributed by atoms with Crippen LogP contribution in [-0.2, 0) is 4.79 Å². The predicted octanol–water partition coefficient (Wildman–Crippen LogP) is 2.81. The van der Waals surface area contributed by atoms with E-state index in [0.717, 1.165) is 24.8 Å². The molecule has 1 amide bonds. The standard InChI is InChI=1S/C19H24N4O3/c1-11-6-4-5-7-14(11)20-18(24)12(2)23-19(25)16-10-17-15(8-9-26-17)22(16)13(3)21-23/h8-12,14H,4-7H2,1-3H3,(H,20,24). The van der Waals surface area contributed by atoms with E-state index in [0.29, 0.717) is 22.8 Å². The maximum Gasteiger partial charge on any atom is 0.291 e. The van der Waals surface area contributed by atoms with Crippen molar-refractivity contribution < 1.29 is 9.21 Å². The smallest absolute Gasteiger partial charge is 0.291 e. The summed E-state index contributed by atoms with van der Waals surface area (Å²) < 4.78 is 8.45. The van der Waals surface area contributed by atoms with Gasteiger partial charge in [0.25, 0.3) is 5.56 Å². The molecule has 3 heterocycles. The van der Waals surface area contributed by atoms with E-state index >= 15 is 0 Å². The van der Waals surface area contributed by atoms with E-state index in [4.69, 9.17) is 4.42 Å². The van der Waals surface area contributed by atoms with Gasteiger partial charge in [-0.05, 0) is 32.6 Å². The minimum Gasteiger partial charge on any atom is -0.463 e. The quantitative estimate of drug-likeness (QED) is 0.782. The third-order valence-electron chi connectivity index (χ3n) is 5.61. The summed E-state index contributed by atoms with van der Waals surface area (Å²) >= 11 is 0. The highest BCUT2D eigenvalue weighted by atomic mass is 16.3. The Morgan fingerprint density at radius 2 is 2.12 bits per heavy atom. The molecular formula is C19H24N4O3. The Hall–Kier alpha value is -2.57. The van der Waals surface area contributed by atoms with Crippen molar-refractivity contribution in [1.82, 2.24) is 19.5 Å². The molecular weight excluding hydrogens is 332 g/mol. The van der Waals surface area contributed by atoms with Gasteiger partial charge in [-0.25, -0.2) is 4.68 Å². The number of rotatable bonds is 3. The Labute approximate surface area is 151 Å². The largest absolute Gasteiger partial charge is 0.463 e. The van der Waals surface area contributed by atoms with Crippen molar-refractivity contribution in [1.29, 1.82) is 0 Å². The van der Waals surface area contributed by atoms with Crippen molar-refractivity contribution in [3.63, 3.8) is 0 Å². The van der Waals surface area contributed by atoms with Crippen LogP contribution in [0.25, 0.3) is 16.6 Å². The van der Waals surface area contributed by atoms with Crippen LogP contribution in [-0.4, -0.2) is 26.1 Å². The molecule has 3 aromatic rings. The summed E-state index contributed by atoms with van der Waals surface area (Å²) in [5.41, 5.74) is 1.62. The number of aryl methyl sites for hydroxylation is 1. The maximum atomic E-state index is 12.9. The Bertz CT molecular complexity index is 1030. The van der Waals surface area contributed by atoms with E-state index in [9.17, 15) is 9.59 Å². The van der Waals surface area contributed by atoms with E-state index in [-0.39, 0.29) is 17.5 Å². The first kappa shape index (κ1) is 16.9. The topological polar surface area (TPSA) is 81.5 Å². The molecule has 0 radical (unpaired) electrons. The molecule has 4 rings (SSSR count). The highest BCUT2D eigenvalue weighted by Gasteiger charge is 2.27. The minimum absolute atomic E-state index is 0.155. The fourth-order valence-electron chi connectivity index (χ4n) is 4.00. The molecule has 0 spiro atoms. The van der Waals surface area contributed by atoms with Gasteiger partial charge < -0.3 is 9.73 Å². The van der Waals surface area contributed by atoms with Crippen LogP contribution in [0.1, 0.15) is 51.4 Å². The van der Waals surface area contributed by atoms with Crippen LogP contribution < -0.4 is 10.9 Å². The second kappa shape index (κ2) is 6.30. The number of hydrogen-bond acceptors (Lipinski definition) is 4. The molecule has 0 saturated heterocycles. The zero-order valence-electron chi connectivity index (χ0n) is 15.4. The lowest BCUT2D eigenvalue weighted by Gasteiger charge is -2.30. The fourth-order valence-corrected chi connectivity index (χ4v) is 4.00. The monoisotopic (exact) mass is 356 g/mol. The molecule has 3 atom stereocenters. The van der Waals surface area contributed by atoms with Crippen molar-refractivity contribution in [3.8, 4) is 0 Å². The number of nitrogens with zero attached hydrogens (tertiary/aromatic N) is 3. The summed E-state index contributed by atoms with van der Waals surface area (Å²) in [6, 6.07) is 3.02. The third kappa shape index (κ3) is 2.62. The molecule has 1 fully saturated rings. The van der Waals surface area contributed by atoms with Crippen LogP contribution in [0.15, 0.2) is 27.6 Å². The van der Waals surface area contributed by atoms with Gasteiger partial charge in [-0.2, -0.15) is 5.10 Å². The molecule has 26 heavy (non-hydrogen) atoms. The normalized spacial score (nSPS) is 22.0. The van der Waals surface area contributed by atoms with E-state index in [1.54, 1.807) is 29.7 Å². The molecule has 3 aromatic heterocycles. The van der Waals surface area contributed by atoms with Gasteiger partial charge in [-0.1, -0.05) is 19.8 Å². The van der Waals surface area contributed by atoms with Gasteiger partial charge >= 0.3 is 0 Å². The maximum absolute atomic E-state index is 12.9. The van der Waals surface area contributed by atoms with E-state index in [1.165, 1.54) is 11.1 Å². The molecule has 3 unspecified atom stereocenters. The van der Waals surface area contributed by atoms with Gasteiger partial charge in [0.15, 0.2) is 5.58 Å². The number of amides is 1. The zero-order chi connectivity index (χ0) is 18.4. The minimum atomic E-state index is -0.665. The van der Waals surface area contributed by atoms with E-state index in [1.807, 2.05) is 6.92 Å². The van der Waals surface area contributed by atoms with Gasteiger partial charge in [0.1, 0.15) is 17.4 Å². The van der Waals surface area contributed by atoms with Gasteiger partial charge in [0.05, 0.1) is 11.8 Å². The average molecular weight is 356 g/mol. The van der Waals surface area contributed by atoms with Crippen LogP contribution in [0.2, 0.25) is 0 Å². The van der Waals surface area contributed by atoms with Gasteiger partial charge in [-0.15, -0.1) is 0 Å². The lowest BCUT2D eigenvalue weighted by Crippen LogP contribution is -2.45. The Kier molecular flexibility index (Phi) is 4.09. The molecule has 1 aliphatic rings. The third-order valence-corrected chi connectivity index (χ3v) is 5.61. The summed E-state index contributed by atoms with van der Waals surface area (Å²) in [6.07, 6.45) is 6.07. The summed E-state index contributed by atoms with van der Waals surface area (Å²) in [7, 11) is 0. The van der Waals surface area contributed by atoms with Crippen molar-refractivity contribution in [3.05, 3.63) is 34.6 Å². The SMILES string of the molecule is Cc1nn(C(C)C(=O)NC2CCCCC2C)c(=O)c2cc3occc3n12. The predicted molar refractivity (Wildman–Crippen MR) is 98.2 cm³/mol. The molecule has 0 aliphatic heterocycles. The molecule has 1 N–H and O–H groups in total. The number of furan rings is 1. The summed E-state index contributed by atoms with van der Waals surface area (Å²) in [5.74, 6) is 0.949. The Balaban J connectivity index is 1.68. The first-order valence-corrected chi connectivity index (χ1v) is 9.26. The number of hydrogen-bond donors (Lipinski definition) is 1. The fraction of sp³-hybridized carbons (Fsp3) is 0.526. The van der Waals surface area contributed by atoms with Crippen LogP contribution in [0, 0.1) is 12.8 Å². The molecule has 0 aromatic carbocycles. The molecule has 1 aliphatic carbocycles. The lowest BCUT2D eigenvalue weighted by atomic mass is 9.86. The van der Waals surface area contributed by atoms with Gasteiger partial charge in [0.2, 0.25) is 5.91 Å². The second-order valence-electron chi connectivity index (χ2n) is 7.38. The second-order valence-corrected chi connectivity index (χ2v) is 7.38. The van der Waals surface area contributed by atoms with E-state index in [2.05, 4.69) is 17.3 Å². The van der Waals surface area contributed by atoms with Crippen molar-refractivity contribution in [2.75, 3.05) is 0 Å². The summed E-state index contributed by atoms with van der Waals surface area (Å²) in [6.45, 7) is 5.72. The molecule has 7 heteroatoms.